The lowest BCUT2D eigenvalue weighted by molar-refractivity contribution is -0.143. The Balaban J connectivity index is 1.93. The van der Waals surface area contributed by atoms with Crippen LogP contribution in [0.1, 0.15) is 29.8 Å². The molecule has 2 amide bonds. The van der Waals surface area contributed by atoms with Gasteiger partial charge >= 0.3 is 5.97 Å². The molecule has 1 aromatic heterocycles. The van der Waals surface area contributed by atoms with Crippen molar-refractivity contribution < 1.29 is 19.1 Å². The zero-order chi connectivity index (χ0) is 15.4. The van der Waals surface area contributed by atoms with E-state index in [0.717, 1.165) is 12.8 Å². The number of likely N-dealkylation sites (tertiary alicyclic amines) is 1. The Morgan fingerprint density at radius 3 is 2.76 bits per heavy atom. The lowest BCUT2D eigenvalue weighted by Gasteiger charge is -2.33. The molecule has 21 heavy (non-hydrogen) atoms. The van der Waals surface area contributed by atoms with Crippen molar-refractivity contribution in [2.24, 2.45) is 12.8 Å². The summed E-state index contributed by atoms with van der Waals surface area (Å²) in [6.45, 7) is 0.0853. The molecule has 7 nitrogen and oxygen atoms in total. The van der Waals surface area contributed by atoms with Gasteiger partial charge in [-0.15, -0.1) is 0 Å². The predicted molar refractivity (Wildman–Crippen MR) is 74.2 cm³/mol. The molecule has 0 spiro atoms. The molecule has 1 fully saturated rings. The lowest BCUT2D eigenvalue weighted by Crippen LogP contribution is -2.51. The van der Waals surface area contributed by atoms with Crippen molar-refractivity contribution in [3.8, 4) is 0 Å². The van der Waals surface area contributed by atoms with Gasteiger partial charge in [-0.2, -0.15) is 0 Å². The highest BCUT2D eigenvalue weighted by Gasteiger charge is 2.31. The molecule has 2 heterocycles. The van der Waals surface area contributed by atoms with Crippen molar-refractivity contribution >= 4 is 17.8 Å². The Morgan fingerprint density at radius 2 is 2.14 bits per heavy atom. The van der Waals surface area contributed by atoms with E-state index in [1.807, 2.05) is 0 Å². The second-order valence-electron chi connectivity index (χ2n) is 5.08. The number of carbonyl (C=O) groups is 3. The average Bonchev–Trinajstić information content (AvgIpc) is 2.90. The summed E-state index contributed by atoms with van der Waals surface area (Å²) in [5.74, 6) is -1.47. The zero-order valence-corrected chi connectivity index (χ0v) is 11.9. The van der Waals surface area contributed by atoms with Gasteiger partial charge in [0.25, 0.3) is 5.91 Å². The van der Waals surface area contributed by atoms with Crippen LogP contribution in [-0.4, -0.2) is 46.4 Å². The van der Waals surface area contributed by atoms with Crippen molar-refractivity contribution in [1.82, 2.24) is 9.47 Å². The number of esters is 1. The monoisotopic (exact) mass is 293 g/mol. The summed E-state index contributed by atoms with van der Waals surface area (Å²) < 4.78 is 6.62. The highest BCUT2D eigenvalue weighted by molar-refractivity contribution is 5.91. The van der Waals surface area contributed by atoms with E-state index in [1.54, 1.807) is 29.9 Å². The molecule has 1 aromatic rings. The molecule has 0 radical (unpaired) electrons. The number of amides is 2. The highest BCUT2D eigenvalue weighted by atomic mass is 16.5. The summed E-state index contributed by atoms with van der Waals surface area (Å²) in [5.41, 5.74) is 5.67. The second-order valence-corrected chi connectivity index (χ2v) is 5.08. The first-order chi connectivity index (χ1) is 10.0. The molecular formula is C14H19N3O4. The fourth-order valence-electron chi connectivity index (χ4n) is 2.48. The van der Waals surface area contributed by atoms with Gasteiger partial charge in [0, 0.05) is 19.8 Å². The number of primary amides is 1. The second kappa shape index (κ2) is 6.43. The first-order valence-corrected chi connectivity index (χ1v) is 6.88. The normalized spacial score (nSPS) is 18.3. The molecule has 1 aliphatic heterocycles. The standard InChI is InChI=1S/C14H19N3O4/c1-16-7-4-6-11(16)14(20)21-9-12(18)17-8-3-2-5-10(17)13(15)19/h4,6-7,10H,2-3,5,8-9H2,1H3,(H2,15,19)/t10-/m1/s1. The number of nitrogens with zero attached hydrogens (tertiary/aromatic N) is 2. The molecule has 1 atom stereocenters. The van der Waals surface area contributed by atoms with E-state index >= 15 is 0 Å². The molecule has 0 aliphatic carbocycles. The maximum atomic E-state index is 12.1. The quantitative estimate of drug-likeness (QED) is 0.793. The molecule has 1 saturated heterocycles. The van der Waals surface area contributed by atoms with Crippen LogP contribution in [0.3, 0.4) is 0 Å². The first kappa shape index (κ1) is 15.1. The zero-order valence-electron chi connectivity index (χ0n) is 11.9. The smallest absolute Gasteiger partial charge is 0.355 e. The molecule has 0 saturated carbocycles. The maximum absolute atomic E-state index is 12.1. The Labute approximate surface area is 122 Å². The van der Waals surface area contributed by atoms with Crippen molar-refractivity contribution in [1.29, 1.82) is 0 Å². The highest BCUT2D eigenvalue weighted by Crippen LogP contribution is 2.17. The Kier molecular flexibility index (Phi) is 4.62. The van der Waals surface area contributed by atoms with Crippen LogP contribution in [0.2, 0.25) is 0 Å². The third-order valence-electron chi connectivity index (χ3n) is 3.63. The minimum absolute atomic E-state index is 0.368. The third-order valence-corrected chi connectivity index (χ3v) is 3.63. The fourth-order valence-corrected chi connectivity index (χ4v) is 2.48. The molecule has 7 heteroatoms. The van der Waals surface area contributed by atoms with Crippen LogP contribution in [-0.2, 0) is 21.4 Å². The topological polar surface area (TPSA) is 94.6 Å². The number of ether oxygens (including phenoxy) is 1. The molecule has 2 rings (SSSR count). The Bertz CT molecular complexity index is 552. The van der Waals surface area contributed by atoms with Crippen LogP contribution >= 0.6 is 0 Å². The van der Waals surface area contributed by atoms with Crippen molar-refractivity contribution in [3.63, 3.8) is 0 Å². The summed E-state index contributed by atoms with van der Waals surface area (Å²) in [5, 5.41) is 0. The van der Waals surface area contributed by atoms with Gasteiger partial charge in [0.15, 0.2) is 6.61 Å². The third kappa shape index (κ3) is 3.42. The van der Waals surface area contributed by atoms with Gasteiger partial charge in [-0.25, -0.2) is 4.79 Å². The number of rotatable bonds is 4. The number of aryl methyl sites for hydroxylation is 1. The van der Waals surface area contributed by atoms with E-state index in [2.05, 4.69) is 0 Å². The van der Waals surface area contributed by atoms with Crippen LogP contribution in [0.4, 0.5) is 0 Å². The first-order valence-electron chi connectivity index (χ1n) is 6.88. The Morgan fingerprint density at radius 1 is 1.38 bits per heavy atom. The van der Waals surface area contributed by atoms with E-state index in [4.69, 9.17) is 10.5 Å². The van der Waals surface area contributed by atoms with Gasteiger partial charge in [-0.1, -0.05) is 0 Å². The largest absolute Gasteiger partial charge is 0.451 e. The molecule has 1 aliphatic rings. The van der Waals surface area contributed by atoms with E-state index in [1.165, 1.54) is 4.90 Å². The van der Waals surface area contributed by atoms with Gasteiger partial charge in [0.05, 0.1) is 0 Å². The van der Waals surface area contributed by atoms with E-state index < -0.39 is 17.9 Å². The van der Waals surface area contributed by atoms with Gasteiger partial charge in [0.1, 0.15) is 11.7 Å². The number of piperidine rings is 1. The number of hydrogen-bond acceptors (Lipinski definition) is 4. The Hall–Kier alpha value is -2.31. The predicted octanol–water partition coefficient (Wildman–Crippen LogP) is 0.0483. The van der Waals surface area contributed by atoms with Crippen LogP contribution in [0.15, 0.2) is 18.3 Å². The van der Waals surface area contributed by atoms with Crippen LogP contribution in [0.5, 0.6) is 0 Å². The van der Waals surface area contributed by atoms with Gasteiger partial charge in [-0.3, -0.25) is 9.59 Å². The molecular weight excluding hydrogens is 274 g/mol. The van der Waals surface area contributed by atoms with Crippen molar-refractivity contribution in [2.45, 2.75) is 25.3 Å². The summed E-state index contributed by atoms with van der Waals surface area (Å²) in [6, 6.07) is 2.73. The molecule has 2 N–H and O–H groups in total. The maximum Gasteiger partial charge on any atom is 0.355 e. The van der Waals surface area contributed by atoms with Crippen LogP contribution in [0.25, 0.3) is 0 Å². The molecule has 0 bridgehead atoms. The molecule has 0 unspecified atom stereocenters. The van der Waals surface area contributed by atoms with E-state index in [9.17, 15) is 14.4 Å². The molecule has 0 aromatic carbocycles. The van der Waals surface area contributed by atoms with Gasteiger partial charge in [-0.05, 0) is 31.4 Å². The average molecular weight is 293 g/mol. The number of carbonyl (C=O) groups excluding carboxylic acids is 3. The van der Waals surface area contributed by atoms with E-state index in [0.29, 0.717) is 18.7 Å². The van der Waals surface area contributed by atoms with Crippen LogP contribution < -0.4 is 5.73 Å². The van der Waals surface area contributed by atoms with Gasteiger partial charge < -0.3 is 19.9 Å². The number of aromatic nitrogens is 1. The van der Waals surface area contributed by atoms with Crippen molar-refractivity contribution in [2.75, 3.05) is 13.2 Å². The number of nitrogens with two attached hydrogens (primary N) is 1. The summed E-state index contributed by atoms with van der Waals surface area (Å²) >= 11 is 0. The fraction of sp³-hybridized carbons (Fsp3) is 0.500. The summed E-state index contributed by atoms with van der Waals surface area (Å²) in [7, 11) is 1.71. The number of hydrogen-bond donors (Lipinski definition) is 1. The van der Waals surface area contributed by atoms with Crippen molar-refractivity contribution in [3.05, 3.63) is 24.0 Å². The minimum atomic E-state index is -0.597. The van der Waals surface area contributed by atoms with E-state index in [-0.39, 0.29) is 12.5 Å². The summed E-state index contributed by atoms with van der Waals surface area (Å²) in [6.07, 6.45) is 3.96. The summed E-state index contributed by atoms with van der Waals surface area (Å²) in [4.78, 5) is 36.7. The SMILES string of the molecule is Cn1cccc1C(=O)OCC(=O)N1CCCC[C@@H]1C(N)=O. The van der Waals surface area contributed by atoms with Crippen LogP contribution in [0, 0.1) is 0 Å². The minimum Gasteiger partial charge on any atom is -0.451 e. The lowest BCUT2D eigenvalue weighted by atomic mass is 10.0. The van der Waals surface area contributed by atoms with Gasteiger partial charge in [0.2, 0.25) is 5.91 Å². The molecule has 114 valence electrons.